The highest BCUT2D eigenvalue weighted by Gasteiger charge is 2.35. The lowest BCUT2D eigenvalue weighted by Gasteiger charge is -2.27. The van der Waals surface area contributed by atoms with Crippen LogP contribution >= 0.6 is 0 Å². The van der Waals surface area contributed by atoms with E-state index in [0.29, 0.717) is 17.8 Å². The van der Waals surface area contributed by atoms with Crippen molar-refractivity contribution in [2.45, 2.75) is 78.4 Å². The van der Waals surface area contributed by atoms with Crippen LogP contribution in [-0.2, 0) is 13.0 Å². The average molecular weight is 279 g/mol. The summed E-state index contributed by atoms with van der Waals surface area (Å²) in [5.74, 6) is 1.47. The summed E-state index contributed by atoms with van der Waals surface area (Å²) in [5, 5.41) is 15.2. The maximum absolute atomic E-state index is 10.9. The van der Waals surface area contributed by atoms with Gasteiger partial charge in [0.05, 0.1) is 5.60 Å². The van der Waals surface area contributed by atoms with E-state index < -0.39 is 5.60 Å². The zero-order chi connectivity index (χ0) is 14.8. The number of aromatic nitrogens is 3. The van der Waals surface area contributed by atoms with E-state index in [4.69, 9.17) is 0 Å². The van der Waals surface area contributed by atoms with Crippen LogP contribution < -0.4 is 0 Å². The number of nitrogens with zero attached hydrogens (tertiary/aromatic N) is 3. The van der Waals surface area contributed by atoms with Crippen LogP contribution in [0, 0.1) is 11.3 Å². The topological polar surface area (TPSA) is 50.9 Å². The molecule has 114 valence electrons. The fourth-order valence-corrected chi connectivity index (χ4v) is 3.11. The Morgan fingerprint density at radius 2 is 2.00 bits per heavy atom. The van der Waals surface area contributed by atoms with Gasteiger partial charge in [-0.3, -0.25) is 0 Å². The first-order valence-electron chi connectivity index (χ1n) is 7.89. The summed E-state index contributed by atoms with van der Waals surface area (Å²) in [7, 11) is 0. The van der Waals surface area contributed by atoms with Gasteiger partial charge in [-0.2, -0.15) is 5.10 Å². The summed E-state index contributed by atoms with van der Waals surface area (Å²) in [5.41, 5.74) is -0.244. The van der Waals surface area contributed by atoms with Crippen LogP contribution in [0.4, 0.5) is 0 Å². The molecule has 1 N–H and O–H groups in total. The normalized spacial score (nSPS) is 26.7. The average Bonchev–Trinajstić information content (AvgIpc) is 2.67. The van der Waals surface area contributed by atoms with Crippen molar-refractivity contribution in [2.75, 3.05) is 0 Å². The molecule has 0 spiro atoms. The monoisotopic (exact) mass is 279 g/mol. The minimum atomic E-state index is -0.602. The van der Waals surface area contributed by atoms with Gasteiger partial charge in [0.1, 0.15) is 12.2 Å². The molecule has 1 heterocycles. The second-order valence-electron chi connectivity index (χ2n) is 7.67. The van der Waals surface area contributed by atoms with Crippen molar-refractivity contribution < 1.29 is 5.11 Å². The second kappa shape index (κ2) is 5.84. The molecule has 4 nitrogen and oxygen atoms in total. The zero-order valence-electron chi connectivity index (χ0n) is 13.4. The van der Waals surface area contributed by atoms with Gasteiger partial charge in [-0.05, 0) is 37.0 Å². The Kier molecular flexibility index (Phi) is 4.52. The molecule has 0 bridgehead atoms. The Morgan fingerprint density at radius 1 is 1.25 bits per heavy atom. The van der Waals surface area contributed by atoms with Crippen LogP contribution in [-0.4, -0.2) is 25.5 Å². The minimum absolute atomic E-state index is 0.357. The van der Waals surface area contributed by atoms with Crippen LogP contribution in [0.1, 0.15) is 65.6 Å². The molecular formula is C16H29N3O. The van der Waals surface area contributed by atoms with Gasteiger partial charge in [-0.15, -0.1) is 0 Å². The molecule has 1 aliphatic rings. The molecule has 1 aromatic heterocycles. The fraction of sp³-hybridized carbons (Fsp3) is 0.875. The number of hydrogen-bond acceptors (Lipinski definition) is 3. The van der Waals surface area contributed by atoms with Crippen molar-refractivity contribution in [3.05, 3.63) is 12.2 Å². The van der Waals surface area contributed by atoms with Crippen molar-refractivity contribution >= 4 is 0 Å². The molecular weight excluding hydrogens is 250 g/mol. The van der Waals surface area contributed by atoms with Gasteiger partial charge in [0, 0.05) is 13.0 Å². The summed E-state index contributed by atoms with van der Waals surface area (Å²) in [4.78, 5) is 4.37. The predicted octanol–water partition coefficient (Wildman–Crippen LogP) is 3.20. The van der Waals surface area contributed by atoms with Gasteiger partial charge in [-0.25, -0.2) is 9.67 Å². The standard InChI is InChI=1S/C16H29N3O/c1-13(2)11-19-14(17-12-18-19)10-16(20)7-5-6-15(3,4)8-9-16/h12-13,20H,5-11H2,1-4H3. The molecule has 1 aromatic rings. The number of hydrogen-bond donors (Lipinski definition) is 1. The van der Waals surface area contributed by atoms with Gasteiger partial charge < -0.3 is 5.11 Å². The quantitative estimate of drug-likeness (QED) is 0.861. The lowest BCUT2D eigenvalue weighted by atomic mass is 9.83. The Balaban J connectivity index is 2.06. The SMILES string of the molecule is CC(C)Cn1ncnc1CC1(O)CCCC(C)(C)CC1. The van der Waals surface area contributed by atoms with Crippen molar-refractivity contribution in [2.24, 2.45) is 11.3 Å². The number of rotatable bonds is 4. The molecule has 0 saturated heterocycles. The second-order valence-corrected chi connectivity index (χ2v) is 7.67. The van der Waals surface area contributed by atoms with Crippen LogP contribution in [0.25, 0.3) is 0 Å². The third kappa shape index (κ3) is 4.05. The first-order chi connectivity index (χ1) is 9.30. The molecule has 0 aromatic carbocycles. The van der Waals surface area contributed by atoms with E-state index in [1.54, 1.807) is 6.33 Å². The molecule has 0 amide bonds. The maximum atomic E-state index is 10.9. The lowest BCUT2D eigenvalue weighted by Crippen LogP contribution is -2.32. The zero-order valence-corrected chi connectivity index (χ0v) is 13.4. The van der Waals surface area contributed by atoms with Crippen molar-refractivity contribution in [1.82, 2.24) is 14.8 Å². The first-order valence-corrected chi connectivity index (χ1v) is 7.89. The molecule has 1 aliphatic carbocycles. The highest BCUT2D eigenvalue weighted by atomic mass is 16.3. The van der Waals surface area contributed by atoms with Gasteiger partial charge in [0.2, 0.25) is 0 Å². The third-order valence-corrected chi connectivity index (χ3v) is 4.48. The fourth-order valence-electron chi connectivity index (χ4n) is 3.11. The van der Waals surface area contributed by atoms with Gasteiger partial charge in [0.25, 0.3) is 0 Å². The molecule has 0 radical (unpaired) electrons. The Hall–Kier alpha value is -0.900. The van der Waals surface area contributed by atoms with Crippen molar-refractivity contribution in [1.29, 1.82) is 0 Å². The minimum Gasteiger partial charge on any atom is -0.389 e. The molecule has 1 unspecified atom stereocenters. The highest BCUT2D eigenvalue weighted by molar-refractivity contribution is 4.97. The Labute approximate surface area is 122 Å². The smallest absolute Gasteiger partial charge is 0.138 e. The van der Waals surface area contributed by atoms with Gasteiger partial charge in [-0.1, -0.05) is 34.1 Å². The van der Waals surface area contributed by atoms with E-state index in [2.05, 4.69) is 37.8 Å². The predicted molar refractivity (Wildman–Crippen MR) is 80.4 cm³/mol. The van der Waals surface area contributed by atoms with Crippen LogP contribution in [0.2, 0.25) is 0 Å². The van der Waals surface area contributed by atoms with Gasteiger partial charge in [0.15, 0.2) is 0 Å². The van der Waals surface area contributed by atoms with E-state index in [0.717, 1.165) is 38.1 Å². The van der Waals surface area contributed by atoms with E-state index in [1.165, 1.54) is 6.42 Å². The molecule has 2 rings (SSSR count). The maximum Gasteiger partial charge on any atom is 0.138 e. The Morgan fingerprint density at radius 3 is 2.70 bits per heavy atom. The van der Waals surface area contributed by atoms with Crippen molar-refractivity contribution in [3.63, 3.8) is 0 Å². The summed E-state index contributed by atoms with van der Waals surface area (Å²) in [6.45, 7) is 9.83. The van der Waals surface area contributed by atoms with E-state index in [9.17, 15) is 5.11 Å². The van der Waals surface area contributed by atoms with E-state index >= 15 is 0 Å². The van der Waals surface area contributed by atoms with Gasteiger partial charge >= 0.3 is 0 Å². The van der Waals surface area contributed by atoms with E-state index in [1.807, 2.05) is 4.68 Å². The lowest BCUT2D eigenvalue weighted by molar-refractivity contribution is 0.0196. The summed E-state index contributed by atoms with van der Waals surface area (Å²) in [6, 6.07) is 0. The molecule has 1 atom stereocenters. The van der Waals surface area contributed by atoms with E-state index in [-0.39, 0.29) is 0 Å². The largest absolute Gasteiger partial charge is 0.389 e. The number of aliphatic hydroxyl groups is 1. The summed E-state index contributed by atoms with van der Waals surface area (Å²) in [6.07, 6.45) is 7.38. The first kappa shape index (κ1) is 15.5. The molecule has 0 aliphatic heterocycles. The Bertz CT molecular complexity index is 439. The molecule has 1 saturated carbocycles. The highest BCUT2D eigenvalue weighted by Crippen LogP contribution is 2.39. The van der Waals surface area contributed by atoms with Crippen LogP contribution in [0.3, 0.4) is 0 Å². The summed E-state index contributed by atoms with van der Waals surface area (Å²) >= 11 is 0. The third-order valence-electron chi connectivity index (χ3n) is 4.48. The molecule has 20 heavy (non-hydrogen) atoms. The van der Waals surface area contributed by atoms with Crippen LogP contribution in [0.5, 0.6) is 0 Å². The molecule has 1 fully saturated rings. The summed E-state index contributed by atoms with van der Waals surface area (Å²) < 4.78 is 1.96. The van der Waals surface area contributed by atoms with Crippen LogP contribution in [0.15, 0.2) is 6.33 Å². The van der Waals surface area contributed by atoms with Crippen molar-refractivity contribution in [3.8, 4) is 0 Å². The molecule has 4 heteroatoms.